The number of urea groups is 1. The van der Waals surface area contributed by atoms with Gasteiger partial charge in [0.1, 0.15) is 18.6 Å². The second-order valence-corrected chi connectivity index (χ2v) is 9.68. The van der Waals surface area contributed by atoms with Crippen molar-refractivity contribution in [2.75, 3.05) is 52.7 Å². The highest BCUT2D eigenvalue weighted by atomic mass is 16.5. The van der Waals surface area contributed by atoms with Crippen LogP contribution >= 0.6 is 0 Å². The van der Waals surface area contributed by atoms with E-state index in [9.17, 15) is 24.0 Å². The molecule has 12 heteroatoms. The lowest BCUT2D eigenvalue weighted by Crippen LogP contribution is -2.58. The van der Waals surface area contributed by atoms with Crippen molar-refractivity contribution in [3.05, 3.63) is 0 Å². The normalized spacial score (nSPS) is 17.7. The van der Waals surface area contributed by atoms with E-state index in [1.807, 2.05) is 6.92 Å². The van der Waals surface area contributed by atoms with Gasteiger partial charge in [-0.25, -0.2) is 4.79 Å². The molecular formula is C26H44N4O8. The molecule has 2 atom stereocenters. The first kappa shape index (κ1) is 31.5. The fourth-order valence-electron chi connectivity index (χ4n) is 4.51. The van der Waals surface area contributed by atoms with Crippen LogP contribution in [0.4, 0.5) is 4.79 Å². The number of nitrogens with one attached hydrogen (secondary N) is 3. The largest absolute Gasteiger partial charge is 0.465 e. The molecule has 0 aromatic rings. The van der Waals surface area contributed by atoms with Crippen LogP contribution in [0.25, 0.3) is 0 Å². The van der Waals surface area contributed by atoms with Crippen molar-refractivity contribution in [1.29, 1.82) is 0 Å². The molecular weight excluding hydrogens is 496 g/mol. The third-order valence-electron chi connectivity index (χ3n) is 6.69. The Morgan fingerprint density at radius 1 is 0.974 bits per heavy atom. The number of hydrogen-bond acceptors (Lipinski definition) is 8. The lowest BCUT2D eigenvalue weighted by atomic mass is 9.84. The number of hydrogen-bond donors (Lipinski definition) is 3. The summed E-state index contributed by atoms with van der Waals surface area (Å²) in [6.07, 6.45) is 7.30. The average Bonchev–Trinajstić information content (AvgIpc) is 2.93. The Kier molecular flexibility index (Phi) is 14.7. The van der Waals surface area contributed by atoms with Gasteiger partial charge in [-0.05, 0) is 25.7 Å². The van der Waals surface area contributed by atoms with Crippen molar-refractivity contribution < 1.29 is 38.2 Å². The number of esters is 1. The first-order chi connectivity index (χ1) is 18.3. The summed E-state index contributed by atoms with van der Waals surface area (Å²) in [7, 11) is 0. The molecule has 2 rings (SSSR count). The second kappa shape index (κ2) is 17.7. The molecule has 1 heterocycles. The maximum atomic E-state index is 13.4. The summed E-state index contributed by atoms with van der Waals surface area (Å²) in [4.78, 5) is 64.9. The van der Waals surface area contributed by atoms with Crippen LogP contribution in [0.3, 0.4) is 0 Å². The third kappa shape index (κ3) is 11.3. The van der Waals surface area contributed by atoms with Crippen LogP contribution in [0, 0.1) is 5.92 Å². The third-order valence-corrected chi connectivity index (χ3v) is 6.69. The summed E-state index contributed by atoms with van der Waals surface area (Å²) in [5.41, 5.74) is 0. The fraction of sp³-hybridized carbons (Fsp3) is 0.808. The van der Waals surface area contributed by atoms with Crippen LogP contribution in [0.5, 0.6) is 0 Å². The molecule has 216 valence electrons. The summed E-state index contributed by atoms with van der Waals surface area (Å²) in [6.45, 7) is 5.17. The molecule has 3 N–H and O–H groups in total. The lowest BCUT2D eigenvalue weighted by Gasteiger charge is -2.31. The molecule has 1 aliphatic carbocycles. The van der Waals surface area contributed by atoms with Crippen LogP contribution in [0.2, 0.25) is 0 Å². The van der Waals surface area contributed by atoms with Crippen LogP contribution in [-0.2, 0) is 33.4 Å². The Morgan fingerprint density at radius 2 is 1.68 bits per heavy atom. The Morgan fingerprint density at radius 3 is 2.34 bits per heavy atom. The number of carbonyl (C=O) groups excluding carboxylic acids is 5. The van der Waals surface area contributed by atoms with Crippen LogP contribution in [0.15, 0.2) is 0 Å². The van der Waals surface area contributed by atoms with Crippen molar-refractivity contribution in [2.45, 2.75) is 77.3 Å². The Labute approximate surface area is 224 Å². The zero-order chi connectivity index (χ0) is 27.8. The van der Waals surface area contributed by atoms with Crippen molar-refractivity contribution in [3.8, 4) is 0 Å². The Bertz CT molecular complexity index is 781. The van der Waals surface area contributed by atoms with Gasteiger partial charge in [-0.2, -0.15) is 0 Å². The van der Waals surface area contributed by atoms with E-state index in [4.69, 9.17) is 14.2 Å². The van der Waals surface area contributed by atoms with Crippen molar-refractivity contribution >= 4 is 29.6 Å². The van der Waals surface area contributed by atoms with E-state index in [0.717, 1.165) is 44.9 Å². The van der Waals surface area contributed by atoms with Crippen LogP contribution < -0.4 is 16.0 Å². The Hall–Kier alpha value is -2.73. The Balaban J connectivity index is 2.09. The van der Waals surface area contributed by atoms with Gasteiger partial charge < -0.3 is 35.1 Å². The molecule has 1 saturated heterocycles. The smallest absolute Gasteiger partial charge is 0.325 e. The van der Waals surface area contributed by atoms with Gasteiger partial charge in [0.05, 0.1) is 26.4 Å². The molecule has 1 aliphatic heterocycles. The van der Waals surface area contributed by atoms with E-state index < -0.39 is 42.2 Å². The first-order valence-corrected chi connectivity index (χ1v) is 13.8. The van der Waals surface area contributed by atoms with Crippen LogP contribution in [0.1, 0.15) is 65.2 Å². The predicted octanol–water partition coefficient (Wildman–Crippen LogP) is 0.917. The molecule has 0 bridgehead atoms. The van der Waals surface area contributed by atoms with Crippen molar-refractivity contribution in [1.82, 2.24) is 20.9 Å². The van der Waals surface area contributed by atoms with Crippen LogP contribution in [-0.4, -0.2) is 99.3 Å². The number of amides is 4. The van der Waals surface area contributed by atoms with Gasteiger partial charge in [0.25, 0.3) is 5.91 Å². The summed E-state index contributed by atoms with van der Waals surface area (Å²) >= 11 is 0. The van der Waals surface area contributed by atoms with Gasteiger partial charge in [0, 0.05) is 19.7 Å². The van der Waals surface area contributed by atoms with E-state index in [2.05, 4.69) is 16.0 Å². The van der Waals surface area contributed by atoms with Crippen molar-refractivity contribution in [2.24, 2.45) is 5.92 Å². The van der Waals surface area contributed by atoms with E-state index in [-0.39, 0.29) is 25.2 Å². The highest BCUT2D eigenvalue weighted by Gasteiger charge is 2.33. The van der Waals surface area contributed by atoms with Gasteiger partial charge in [0.2, 0.25) is 11.7 Å². The molecule has 0 spiro atoms. The number of ether oxygens (including phenoxy) is 3. The zero-order valence-electron chi connectivity index (χ0n) is 22.8. The summed E-state index contributed by atoms with van der Waals surface area (Å²) in [6, 6.07) is -2.50. The molecule has 0 aromatic carbocycles. The second-order valence-electron chi connectivity index (χ2n) is 9.68. The maximum absolute atomic E-state index is 13.4. The number of ketones is 1. The molecule has 0 aromatic heterocycles. The minimum Gasteiger partial charge on any atom is -0.465 e. The summed E-state index contributed by atoms with van der Waals surface area (Å²) in [5.74, 6) is -2.91. The first-order valence-electron chi connectivity index (χ1n) is 13.8. The van der Waals surface area contributed by atoms with Gasteiger partial charge >= 0.3 is 12.0 Å². The number of Topliss-reactive ketones (excluding diaryl/α,β-unsaturated/α-hetero) is 1. The standard InChI is InChI=1S/C26H44N4O8/c1-3-5-13-37-18-21(23(32)25(34)27-17-22(31)38-4-2)28-24(33)20(16-19-9-7-6-8-10-19)29-26(35)30-11-14-36-15-12-30/h19-21H,3-18H2,1-2H3,(H,27,34)(H,28,33)(H,29,35)/t20-,21-/m0/s1. The molecule has 1 saturated carbocycles. The zero-order valence-corrected chi connectivity index (χ0v) is 22.8. The molecule has 2 fully saturated rings. The molecule has 0 unspecified atom stereocenters. The lowest BCUT2D eigenvalue weighted by molar-refractivity contribution is -0.145. The van der Waals surface area contributed by atoms with E-state index in [1.165, 1.54) is 0 Å². The molecule has 2 aliphatic rings. The summed E-state index contributed by atoms with van der Waals surface area (Å²) in [5, 5.41) is 7.71. The number of unbranched alkanes of at least 4 members (excludes halogenated alkanes) is 1. The minimum atomic E-state index is -1.27. The molecule has 0 radical (unpaired) electrons. The topological polar surface area (TPSA) is 152 Å². The minimum absolute atomic E-state index is 0.144. The highest BCUT2D eigenvalue weighted by molar-refractivity contribution is 6.38. The predicted molar refractivity (Wildman–Crippen MR) is 138 cm³/mol. The highest BCUT2D eigenvalue weighted by Crippen LogP contribution is 2.27. The fourth-order valence-corrected chi connectivity index (χ4v) is 4.51. The van der Waals surface area contributed by atoms with E-state index >= 15 is 0 Å². The SMILES string of the molecule is CCCCOC[C@H](NC(=O)[C@H](CC1CCCCC1)NC(=O)N1CCOCC1)C(=O)C(=O)NCC(=O)OCC. The number of morpholine rings is 1. The van der Waals surface area contributed by atoms with E-state index in [1.54, 1.807) is 11.8 Å². The number of rotatable bonds is 15. The molecule has 12 nitrogen and oxygen atoms in total. The number of carbonyl (C=O) groups is 5. The van der Waals surface area contributed by atoms with Crippen molar-refractivity contribution in [3.63, 3.8) is 0 Å². The van der Waals surface area contributed by atoms with Gasteiger partial charge in [-0.1, -0.05) is 45.4 Å². The van der Waals surface area contributed by atoms with Gasteiger partial charge in [-0.3, -0.25) is 19.2 Å². The number of nitrogens with zero attached hydrogens (tertiary/aromatic N) is 1. The van der Waals surface area contributed by atoms with Gasteiger partial charge in [0.15, 0.2) is 0 Å². The molecule has 38 heavy (non-hydrogen) atoms. The average molecular weight is 541 g/mol. The van der Waals surface area contributed by atoms with Gasteiger partial charge in [-0.15, -0.1) is 0 Å². The quantitative estimate of drug-likeness (QED) is 0.158. The molecule has 4 amide bonds. The monoisotopic (exact) mass is 540 g/mol. The maximum Gasteiger partial charge on any atom is 0.325 e. The van der Waals surface area contributed by atoms with E-state index in [0.29, 0.717) is 39.3 Å². The summed E-state index contributed by atoms with van der Waals surface area (Å²) < 4.78 is 15.6.